The zero-order valence-corrected chi connectivity index (χ0v) is 40.5. The number of carbonyl (C=O) groups excluding carboxylic acids is 3. The summed E-state index contributed by atoms with van der Waals surface area (Å²) in [7, 11) is 5.54. The number of aromatic nitrogens is 6. The summed E-state index contributed by atoms with van der Waals surface area (Å²) in [5, 5.41) is 3.54. The molecule has 0 radical (unpaired) electrons. The van der Waals surface area contributed by atoms with Gasteiger partial charge >= 0.3 is 5.69 Å². The number of nitrogens with zero attached hydrogens (tertiary/aromatic N) is 9. The van der Waals surface area contributed by atoms with Crippen LogP contribution in [0.5, 0.6) is 0 Å². The molecule has 1 atom stereocenters. The highest BCUT2D eigenvalue weighted by Gasteiger charge is 2.32. The standard InChI is InChI=1S/C54H63N11O5/c1-59-41(30-43-42(14-19-55-51(43)59)40-9-10-44-45(29-40)57-49(56-44)34-70-3)33-61-20-17-38(18-21-61)37-5-7-39(8-6-37)53(68)64-22-15-35(16-23-64)31-62-24-26-63(27-25-62)32-36-4-11-46-48(28-36)60(2)54(69)65(46)47-12-13-50(66)58-52(47)67/h4-11,14,19,28-30,35,38,47H,12-13,15-18,20-27,31-34H2,1-3H3,(H,56,57)(H,58,66,67). The maximum Gasteiger partial charge on any atom is 0.329 e. The number of piperazine rings is 1. The molecule has 0 bridgehead atoms. The minimum absolute atomic E-state index is 0.143. The predicted molar refractivity (Wildman–Crippen MR) is 269 cm³/mol. The van der Waals surface area contributed by atoms with E-state index < -0.39 is 11.9 Å². The maximum absolute atomic E-state index is 13.7. The Morgan fingerprint density at radius 3 is 2.27 bits per heavy atom. The van der Waals surface area contributed by atoms with E-state index in [9.17, 15) is 19.2 Å². The Kier molecular flexibility index (Phi) is 12.7. The van der Waals surface area contributed by atoms with Crippen LogP contribution in [0.15, 0.2) is 83.8 Å². The Bertz CT molecular complexity index is 3140. The largest absolute Gasteiger partial charge is 0.377 e. The van der Waals surface area contributed by atoms with Crippen LogP contribution in [0.1, 0.15) is 83.5 Å². The summed E-state index contributed by atoms with van der Waals surface area (Å²) >= 11 is 0. The van der Waals surface area contributed by atoms with Gasteiger partial charge in [0.25, 0.3) is 5.91 Å². The van der Waals surface area contributed by atoms with Gasteiger partial charge in [0.05, 0.1) is 22.1 Å². The lowest BCUT2D eigenvalue weighted by atomic mass is 9.88. The molecule has 7 aromatic rings. The number of H-pyrrole nitrogens is 1. The third-order valence-electron chi connectivity index (χ3n) is 15.7. The van der Waals surface area contributed by atoms with Crippen molar-refractivity contribution in [1.82, 2.24) is 53.6 Å². The number of rotatable bonds is 12. The van der Waals surface area contributed by atoms with Crippen molar-refractivity contribution >= 4 is 50.8 Å². The topological polar surface area (TPSA) is 159 Å². The third-order valence-corrected chi connectivity index (χ3v) is 15.7. The maximum atomic E-state index is 13.7. The van der Waals surface area contributed by atoms with Crippen molar-refractivity contribution in [2.24, 2.45) is 20.0 Å². The van der Waals surface area contributed by atoms with Crippen LogP contribution in [0.25, 0.3) is 44.2 Å². The van der Waals surface area contributed by atoms with E-state index in [0.717, 1.165) is 153 Å². The molecule has 1 unspecified atom stereocenters. The highest BCUT2D eigenvalue weighted by atomic mass is 16.5. The molecule has 3 amide bonds. The number of imidazole rings is 2. The lowest BCUT2D eigenvalue weighted by Gasteiger charge is -2.39. The predicted octanol–water partition coefficient (Wildman–Crippen LogP) is 5.94. The smallest absolute Gasteiger partial charge is 0.329 e. The Balaban J connectivity index is 0.626. The molecule has 16 nitrogen and oxygen atoms in total. The van der Waals surface area contributed by atoms with Crippen LogP contribution in [-0.2, 0) is 48.1 Å². The monoisotopic (exact) mass is 946 g/mol. The van der Waals surface area contributed by atoms with Crippen LogP contribution in [0.2, 0.25) is 0 Å². The number of aryl methyl sites for hydroxylation is 2. The van der Waals surface area contributed by atoms with Crippen molar-refractivity contribution in [3.05, 3.63) is 118 Å². The van der Waals surface area contributed by atoms with Crippen molar-refractivity contribution in [3.8, 4) is 11.1 Å². The zero-order chi connectivity index (χ0) is 48.0. The normalized spacial score (nSPS) is 19.5. The average Bonchev–Trinajstić information content (AvgIpc) is 4.01. The molecule has 70 heavy (non-hydrogen) atoms. The number of ether oxygens (including phenoxy) is 1. The SMILES string of the molecule is COCc1nc2ccc(-c3ccnc4c3cc(CN3CCC(c5ccc(C(=O)N6CCC(CN7CCN(Cc8ccc9c(c8)n(C)c(=O)n9C8CCC(=O)NC8=O)CC7)CC6)cc5)CC3)n4C)cc2[nH]1. The van der Waals surface area contributed by atoms with Gasteiger partial charge in [-0.1, -0.05) is 24.3 Å². The van der Waals surface area contributed by atoms with Crippen molar-refractivity contribution < 1.29 is 19.1 Å². The second-order valence-corrected chi connectivity index (χ2v) is 20.1. The molecule has 8 heterocycles. The van der Waals surface area contributed by atoms with Crippen molar-refractivity contribution in [2.75, 3.05) is 66.0 Å². The molecule has 0 spiro atoms. The number of fused-ring (bicyclic) bond motifs is 3. The first kappa shape index (κ1) is 46.0. The van der Waals surface area contributed by atoms with Crippen LogP contribution >= 0.6 is 0 Å². The fourth-order valence-electron chi connectivity index (χ4n) is 11.7. The summed E-state index contributed by atoms with van der Waals surface area (Å²) < 4.78 is 10.7. The van der Waals surface area contributed by atoms with Gasteiger partial charge in [0.1, 0.15) is 24.1 Å². The number of amides is 3. The Hall–Kier alpha value is -6.46. The lowest BCUT2D eigenvalue weighted by Crippen LogP contribution is -2.48. The number of benzene rings is 3. The number of carbonyl (C=O) groups is 3. The number of aromatic amines is 1. The minimum atomic E-state index is -0.684. The molecule has 4 aliphatic rings. The quantitative estimate of drug-likeness (QED) is 0.141. The van der Waals surface area contributed by atoms with Gasteiger partial charge in [0.15, 0.2) is 0 Å². The minimum Gasteiger partial charge on any atom is -0.377 e. The molecule has 0 aliphatic carbocycles. The summed E-state index contributed by atoms with van der Waals surface area (Å²) in [6.45, 7) is 10.7. The molecule has 0 saturated carbocycles. The number of likely N-dealkylation sites (tertiary alicyclic amines) is 2. The fraction of sp³-hybridized carbons (Fsp3) is 0.444. The van der Waals surface area contributed by atoms with Crippen LogP contribution < -0.4 is 11.0 Å². The number of piperidine rings is 3. The molecule has 16 heteroatoms. The van der Waals surface area contributed by atoms with Crippen LogP contribution in [-0.4, -0.2) is 132 Å². The van der Waals surface area contributed by atoms with Gasteiger partial charge in [-0.25, -0.2) is 14.8 Å². The zero-order valence-electron chi connectivity index (χ0n) is 40.5. The van der Waals surface area contributed by atoms with Crippen molar-refractivity contribution in [3.63, 3.8) is 0 Å². The van der Waals surface area contributed by atoms with E-state index in [0.29, 0.717) is 30.4 Å². The van der Waals surface area contributed by atoms with E-state index >= 15 is 0 Å². The Morgan fingerprint density at radius 2 is 1.51 bits per heavy atom. The van der Waals surface area contributed by atoms with Crippen LogP contribution in [0, 0.1) is 5.92 Å². The second kappa shape index (κ2) is 19.4. The van der Waals surface area contributed by atoms with E-state index in [-0.39, 0.29) is 23.9 Å². The molecule has 4 saturated heterocycles. The first-order chi connectivity index (χ1) is 34.1. The Morgan fingerprint density at radius 1 is 0.757 bits per heavy atom. The molecule has 4 aliphatic heterocycles. The van der Waals surface area contributed by atoms with Gasteiger partial charge in [-0.05, 0) is 128 Å². The summed E-state index contributed by atoms with van der Waals surface area (Å²) in [5.74, 6) is 1.31. The van der Waals surface area contributed by atoms with E-state index in [1.807, 2.05) is 12.3 Å². The van der Waals surface area contributed by atoms with Gasteiger partial charge < -0.3 is 24.1 Å². The summed E-state index contributed by atoms with van der Waals surface area (Å²) in [5.41, 5.74) is 11.0. The van der Waals surface area contributed by atoms with E-state index in [4.69, 9.17) is 9.72 Å². The molecule has 3 aromatic carbocycles. The van der Waals surface area contributed by atoms with Crippen molar-refractivity contribution in [2.45, 2.75) is 70.2 Å². The summed E-state index contributed by atoms with van der Waals surface area (Å²) in [6.07, 6.45) is 6.67. The molecule has 11 rings (SSSR count). The molecule has 2 N–H and O–H groups in total. The third kappa shape index (κ3) is 9.09. The first-order valence-electron chi connectivity index (χ1n) is 25.1. The van der Waals surface area contributed by atoms with Gasteiger partial charge in [0, 0.05) is 109 Å². The van der Waals surface area contributed by atoms with Crippen LogP contribution in [0.4, 0.5) is 0 Å². The van der Waals surface area contributed by atoms with Gasteiger partial charge in [-0.15, -0.1) is 0 Å². The fourth-order valence-corrected chi connectivity index (χ4v) is 11.7. The van der Waals surface area contributed by atoms with Crippen LogP contribution in [0.3, 0.4) is 0 Å². The van der Waals surface area contributed by atoms with E-state index in [1.54, 1.807) is 18.7 Å². The highest BCUT2D eigenvalue weighted by Crippen LogP contribution is 2.34. The van der Waals surface area contributed by atoms with Gasteiger partial charge in [-0.3, -0.25) is 38.6 Å². The molecule has 364 valence electrons. The van der Waals surface area contributed by atoms with E-state index in [1.165, 1.54) is 15.8 Å². The summed E-state index contributed by atoms with van der Waals surface area (Å²) in [6, 6.07) is 24.6. The van der Waals surface area contributed by atoms with E-state index in [2.05, 4.69) is 113 Å². The average molecular weight is 946 g/mol. The number of methoxy groups -OCH3 is 1. The van der Waals surface area contributed by atoms with Gasteiger partial charge in [0.2, 0.25) is 11.8 Å². The first-order valence-corrected chi connectivity index (χ1v) is 25.1. The number of nitrogens with one attached hydrogen (secondary N) is 2. The number of hydrogen-bond acceptors (Lipinski definition) is 10. The van der Waals surface area contributed by atoms with Crippen molar-refractivity contribution in [1.29, 1.82) is 0 Å². The summed E-state index contributed by atoms with van der Waals surface area (Å²) in [4.78, 5) is 73.8. The Labute approximate surface area is 407 Å². The number of imide groups is 1. The number of pyridine rings is 1. The molecule has 4 aromatic heterocycles. The molecular formula is C54H63N11O5. The molecular weight excluding hydrogens is 883 g/mol. The second-order valence-electron chi connectivity index (χ2n) is 20.1. The number of hydrogen-bond donors (Lipinski definition) is 2. The highest BCUT2D eigenvalue weighted by molar-refractivity contribution is 6.00. The lowest BCUT2D eigenvalue weighted by molar-refractivity contribution is -0.135. The molecule has 4 fully saturated rings. The van der Waals surface area contributed by atoms with Gasteiger partial charge in [-0.2, -0.15) is 0 Å².